The number of aromatic nitrogens is 1. The first-order chi connectivity index (χ1) is 11.0. The minimum atomic E-state index is -0.152. The number of likely N-dealkylation sites (tertiary alicyclic amines) is 1. The molecule has 7 heteroatoms. The Hall–Kier alpha value is -1.76. The molecule has 0 spiro atoms. The minimum Gasteiger partial charge on any atom is -0.466 e. The normalized spacial score (nSPS) is 16.0. The number of halogens is 1. The molecule has 124 valence electrons. The third-order valence-electron chi connectivity index (χ3n) is 4.32. The summed E-state index contributed by atoms with van der Waals surface area (Å²) in [6.07, 6.45) is 1.30. The average Bonchev–Trinajstić information content (AvgIpc) is 3.05. The highest BCUT2D eigenvalue weighted by molar-refractivity contribution is 9.10. The van der Waals surface area contributed by atoms with E-state index in [2.05, 4.69) is 15.9 Å². The first-order valence-corrected chi connectivity index (χ1v) is 8.51. The summed E-state index contributed by atoms with van der Waals surface area (Å²) in [6, 6.07) is 3.61. The summed E-state index contributed by atoms with van der Waals surface area (Å²) in [7, 11) is 1.85. The van der Waals surface area contributed by atoms with Crippen LogP contribution in [0.2, 0.25) is 0 Å². The predicted molar refractivity (Wildman–Crippen MR) is 88.1 cm³/mol. The number of piperidine rings is 1. The molecular formula is C16H19BrN2O4. The monoisotopic (exact) mass is 382 g/mol. The molecule has 2 aromatic heterocycles. The summed E-state index contributed by atoms with van der Waals surface area (Å²) in [4.78, 5) is 26.3. The number of ether oxygens (including phenoxy) is 1. The quantitative estimate of drug-likeness (QED) is 0.765. The number of carbonyl (C=O) groups is 2. The van der Waals surface area contributed by atoms with Gasteiger partial charge in [-0.05, 0) is 35.7 Å². The van der Waals surface area contributed by atoms with Gasteiger partial charge >= 0.3 is 5.97 Å². The molecule has 3 heterocycles. The van der Waals surface area contributed by atoms with E-state index < -0.39 is 0 Å². The summed E-state index contributed by atoms with van der Waals surface area (Å²) < 4.78 is 13.0. The average molecular weight is 383 g/mol. The first kappa shape index (κ1) is 16.1. The van der Waals surface area contributed by atoms with Gasteiger partial charge in [-0.1, -0.05) is 0 Å². The van der Waals surface area contributed by atoms with Crippen molar-refractivity contribution in [2.75, 3.05) is 19.7 Å². The number of furan rings is 1. The van der Waals surface area contributed by atoms with Crippen LogP contribution in [-0.4, -0.2) is 41.0 Å². The molecule has 0 saturated carbocycles. The molecule has 0 atom stereocenters. The number of hydrogen-bond acceptors (Lipinski definition) is 4. The van der Waals surface area contributed by atoms with Crippen molar-refractivity contribution < 1.29 is 18.7 Å². The van der Waals surface area contributed by atoms with E-state index in [1.807, 2.05) is 17.7 Å². The molecule has 0 radical (unpaired) electrons. The van der Waals surface area contributed by atoms with Gasteiger partial charge in [0.1, 0.15) is 5.69 Å². The van der Waals surface area contributed by atoms with Crippen LogP contribution in [-0.2, 0) is 16.6 Å². The lowest BCUT2D eigenvalue weighted by molar-refractivity contribution is -0.149. The summed E-state index contributed by atoms with van der Waals surface area (Å²) in [5, 5.41) is 0. The van der Waals surface area contributed by atoms with Gasteiger partial charge in [0, 0.05) is 32.3 Å². The Kier molecular flexibility index (Phi) is 4.48. The maximum absolute atomic E-state index is 12.7. The zero-order valence-electron chi connectivity index (χ0n) is 13.2. The molecule has 0 aliphatic carbocycles. The van der Waals surface area contributed by atoms with Crippen LogP contribution in [0.4, 0.5) is 0 Å². The molecular weight excluding hydrogens is 364 g/mol. The van der Waals surface area contributed by atoms with Gasteiger partial charge in [-0.15, -0.1) is 0 Å². The van der Waals surface area contributed by atoms with Crippen LogP contribution in [0.5, 0.6) is 0 Å². The molecule has 1 fully saturated rings. The first-order valence-electron chi connectivity index (χ1n) is 7.72. The topological polar surface area (TPSA) is 64.7 Å². The number of hydrogen-bond donors (Lipinski definition) is 0. The molecule has 1 saturated heterocycles. The van der Waals surface area contributed by atoms with Crippen LogP contribution < -0.4 is 0 Å². The van der Waals surface area contributed by atoms with E-state index in [0.29, 0.717) is 48.5 Å². The maximum Gasteiger partial charge on any atom is 0.309 e. The van der Waals surface area contributed by atoms with Crippen molar-refractivity contribution >= 4 is 38.9 Å². The lowest BCUT2D eigenvalue weighted by atomic mass is 9.97. The molecule has 0 unspecified atom stereocenters. The van der Waals surface area contributed by atoms with Gasteiger partial charge in [-0.3, -0.25) is 9.59 Å². The summed E-state index contributed by atoms with van der Waals surface area (Å²) in [5.74, 6) is -0.280. The highest BCUT2D eigenvalue weighted by atomic mass is 79.9. The number of fused-ring (bicyclic) bond motifs is 1. The number of aryl methyl sites for hydroxylation is 1. The van der Waals surface area contributed by atoms with Gasteiger partial charge in [0.2, 0.25) is 0 Å². The van der Waals surface area contributed by atoms with E-state index in [9.17, 15) is 9.59 Å². The highest BCUT2D eigenvalue weighted by Gasteiger charge is 2.30. The minimum absolute atomic E-state index is 0.0302. The fourth-order valence-corrected chi connectivity index (χ4v) is 3.42. The van der Waals surface area contributed by atoms with Crippen LogP contribution >= 0.6 is 15.9 Å². The van der Waals surface area contributed by atoms with E-state index >= 15 is 0 Å². The van der Waals surface area contributed by atoms with Crippen LogP contribution in [0.1, 0.15) is 30.3 Å². The number of carbonyl (C=O) groups excluding carboxylic acids is 2. The van der Waals surface area contributed by atoms with Crippen LogP contribution in [0.3, 0.4) is 0 Å². The van der Waals surface area contributed by atoms with Crippen molar-refractivity contribution in [1.82, 2.24) is 9.47 Å². The van der Waals surface area contributed by atoms with Gasteiger partial charge in [0.25, 0.3) is 5.91 Å². The molecule has 0 N–H and O–H groups in total. The zero-order chi connectivity index (χ0) is 16.6. The molecule has 3 rings (SSSR count). The highest BCUT2D eigenvalue weighted by Crippen LogP contribution is 2.27. The number of amides is 1. The Morgan fingerprint density at radius 1 is 1.35 bits per heavy atom. The fraction of sp³-hybridized carbons (Fsp3) is 0.500. The molecule has 0 aromatic carbocycles. The maximum atomic E-state index is 12.7. The smallest absolute Gasteiger partial charge is 0.309 e. The van der Waals surface area contributed by atoms with Gasteiger partial charge in [-0.2, -0.15) is 0 Å². The standard InChI is InChI=1S/C16H19BrN2O4/c1-3-22-16(21)10-4-6-19(7-5-10)15(20)12-8-13-11(18(12)2)9-14(17)23-13/h8-10H,3-7H2,1-2H3. The molecule has 0 bridgehead atoms. The van der Waals surface area contributed by atoms with E-state index in [1.54, 1.807) is 17.9 Å². The molecule has 2 aromatic rings. The van der Waals surface area contributed by atoms with E-state index in [-0.39, 0.29) is 17.8 Å². The van der Waals surface area contributed by atoms with Crippen molar-refractivity contribution in [3.63, 3.8) is 0 Å². The molecule has 6 nitrogen and oxygen atoms in total. The van der Waals surface area contributed by atoms with Crippen molar-refractivity contribution in [3.8, 4) is 0 Å². The Morgan fingerprint density at radius 3 is 2.65 bits per heavy atom. The molecule has 23 heavy (non-hydrogen) atoms. The Morgan fingerprint density at radius 2 is 2.04 bits per heavy atom. The lowest BCUT2D eigenvalue weighted by Gasteiger charge is -2.30. The van der Waals surface area contributed by atoms with E-state index in [1.165, 1.54) is 0 Å². The van der Waals surface area contributed by atoms with Crippen molar-refractivity contribution in [1.29, 1.82) is 0 Å². The fourth-order valence-electron chi connectivity index (χ4n) is 3.03. The summed E-state index contributed by atoms with van der Waals surface area (Å²) in [6.45, 7) is 3.34. The SMILES string of the molecule is CCOC(=O)C1CCN(C(=O)c2cc3oc(Br)cc3n2C)CC1. The third kappa shape index (κ3) is 3.02. The van der Waals surface area contributed by atoms with Crippen LogP contribution in [0, 0.1) is 5.92 Å². The zero-order valence-corrected chi connectivity index (χ0v) is 14.8. The van der Waals surface area contributed by atoms with Crippen molar-refractivity contribution in [2.24, 2.45) is 13.0 Å². The van der Waals surface area contributed by atoms with Gasteiger partial charge in [-0.25, -0.2) is 0 Å². The number of esters is 1. The second-order valence-electron chi connectivity index (χ2n) is 5.71. The van der Waals surface area contributed by atoms with Gasteiger partial charge in [0.05, 0.1) is 18.0 Å². The van der Waals surface area contributed by atoms with Crippen LogP contribution in [0.15, 0.2) is 21.2 Å². The number of nitrogens with zero attached hydrogens (tertiary/aromatic N) is 2. The van der Waals surface area contributed by atoms with Crippen molar-refractivity contribution in [2.45, 2.75) is 19.8 Å². The third-order valence-corrected chi connectivity index (χ3v) is 4.71. The number of rotatable bonds is 3. The molecule has 1 aliphatic heterocycles. The summed E-state index contributed by atoms with van der Waals surface area (Å²) >= 11 is 3.29. The van der Waals surface area contributed by atoms with Crippen molar-refractivity contribution in [3.05, 3.63) is 22.5 Å². The van der Waals surface area contributed by atoms with E-state index in [4.69, 9.17) is 9.15 Å². The molecule has 1 aliphatic rings. The predicted octanol–water partition coefficient (Wildman–Crippen LogP) is 2.95. The molecule has 1 amide bonds. The Bertz CT molecular complexity index is 741. The van der Waals surface area contributed by atoms with Gasteiger partial charge in [0.15, 0.2) is 10.3 Å². The van der Waals surface area contributed by atoms with E-state index in [0.717, 1.165) is 5.52 Å². The second kappa shape index (κ2) is 6.39. The lowest BCUT2D eigenvalue weighted by Crippen LogP contribution is -2.41. The summed E-state index contributed by atoms with van der Waals surface area (Å²) in [5.41, 5.74) is 2.16. The Labute approximate surface area is 142 Å². The largest absolute Gasteiger partial charge is 0.466 e. The van der Waals surface area contributed by atoms with Crippen LogP contribution in [0.25, 0.3) is 11.1 Å². The van der Waals surface area contributed by atoms with Gasteiger partial charge < -0.3 is 18.6 Å². The Balaban J connectivity index is 1.70. The second-order valence-corrected chi connectivity index (χ2v) is 6.49.